The fraction of sp³-hybridized carbons (Fsp3) is 0.429. The van der Waals surface area contributed by atoms with Gasteiger partial charge in [0, 0.05) is 25.7 Å². The molecule has 0 bridgehead atoms. The summed E-state index contributed by atoms with van der Waals surface area (Å²) in [6, 6.07) is 6.00. The highest BCUT2D eigenvalue weighted by atomic mass is 32.2. The molecule has 0 aliphatic carbocycles. The van der Waals surface area contributed by atoms with Crippen LogP contribution in [0.4, 0.5) is 4.79 Å². The first-order valence-corrected chi connectivity index (χ1v) is 8.22. The molecular formula is C14H17N3O4S. The molecule has 0 radical (unpaired) electrons. The van der Waals surface area contributed by atoms with E-state index in [0.717, 1.165) is 0 Å². The van der Waals surface area contributed by atoms with Gasteiger partial charge in [0.2, 0.25) is 10.0 Å². The minimum Gasteiger partial charge on any atom is -0.465 e. The van der Waals surface area contributed by atoms with Crippen molar-refractivity contribution < 1.29 is 18.3 Å². The lowest BCUT2D eigenvalue weighted by atomic mass is 10.2. The molecule has 0 saturated carbocycles. The average Bonchev–Trinajstić information content (AvgIpc) is 2.46. The molecule has 0 unspecified atom stereocenters. The van der Waals surface area contributed by atoms with Crippen molar-refractivity contribution in [1.29, 1.82) is 5.26 Å². The Morgan fingerprint density at radius 3 is 2.59 bits per heavy atom. The number of hydrogen-bond donors (Lipinski definition) is 1. The first kappa shape index (κ1) is 16.3. The van der Waals surface area contributed by atoms with Crippen molar-refractivity contribution in [3.63, 3.8) is 0 Å². The number of benzene rings is 1. The summed E-state index contributed by atoms with van der Waals surface area (Å²) in [5, 5.41) is 17.9. The van der Waals surface area contributed by atoms with Gasteiger partial charge in [-0.05, 0) is 37.6 Å². The maximum Gasteiger partial charge on any atom is 0.407 e. The summed E-state index contributed by atoms with van der Waals surface area (Å²) in [6.07, 6.45) is -1.04. The molecule has 1 saturated heterocycles. The van der Waals surface area contributed by atoms with Gasteiger partial charge in [-0.1, -0.05) is 0 Å². The first-order chi connectivity index (χ1) is 10.3. The molecular weight excluding hydrogens is 306 g/mol. The van der Waals surface area contributed by atoms with E-state index < -0.39 is 22.2 Å². The number of aryl methyl sites for hydroxylation is 1. The molecule has 1 amide bonds. The number of rotatable bonds is 2. The Morgan fingerprint density at radius 2 is 2.09 bits per heavy atom. The summed E-state index contributed by atoms with van der Waals surface area (Å²) in [6.45, 7) is 3.71. The van der Waals surface area contributed by atoms with E-state index in [2.05, 4.69) is 0 Å². The van der Waals surface area contributed by atoms with Crippen molar-refractivity contribution in [2.45, 2.75) is 24.8 Å². The third kappa shape index (κ3) is 2.91. The van der Waals surface area contributed by atoms with Crippen LogP contribution >= 0.6 is 0 Å². The van der Waals surface area contributed by atoms with Gasteiger partial charge in [-0.15, -0.1) is 0 Å². The highest BCUT2D eigenvalue weighted by molar-refractivity contribution is 7.89. The van der Waals surface area contributed by atoms with E-state index in [1.54, 1.807) is 13.8 Å². The van der Waals surface area contributed by atoms with Crippen LogP contribution in [0.1, 0.15) is 18.1 Å². The average molecular weight is 323 g/mol. The number of piperazine rings is 1. The molecule has 2 rings (SSSR count). The molecule has 0 spiro atoms. The first-order valence-electron chi connectivity index (χ1n) is 6.78. The Kier molecular flexibility index (Phi) is 4.39. The molecule has 22 heavy (non-hydrogen) atoms. The van der Waals surface area contributed by atoms with Gasteiger partial charge in [-0.3, -0.25) is 0 Å². The van der Waals surface area contributed by atoms with Gasteiger partial charge in [-0.2, -0.15) is 9.57 Å². The molecule has 1 N–H and O–H groups in total. The van der Waals surface area contributed by atoms with Crippen LogP contribution in [0.25, 0.3) is 0 Å². The number of amides is 1. The highest BCUT2D eigenvalue weighted by Crippen LogP contribution is 2.23. The molecule has 0 aromatic heterocycles. The molecule has 1 heterocycles. The Hall–Kier alpha value is -2.11. The zero-order valence-electron chi connectivity index (χ0n) is 12.4. The second-order valence-corrected chi connectivity index (χ2v) is 7.19. The molecule has 118 valence electrons. The van der Waals surface area contributed by atoms with Gasteiger partial charge in [0.15, 0.2) is 0 Å². The number of carbonyl (C=O) groups is 1. The van der Waals surface area contributed by atoms with E-state index in [4.69, 9.17) is 10.4 Å². The third-order valence-electron chi connectivity index (χ3n) is 3.76. The van der Waals surface area contributed by atoms with E-state index in [9.17, 15) is 13.2 Å². The van der Waals surface area contributed by atoms with E-state index in [1.807, 2.05) is 6.07 Å². The fourth-order valence-electron chi connectivity index (χ4n) is 2.57. The standard InChI is InChI=1S/C14H17N3O4S/c1-10-7-12(8-15)3-4-13(10)22(20,21)16-5-6-17(14(18)19)11(2)9-16/h3-4,7,11H,5-6,9H2,1-2H3,(H,18,19)/t11-/m0/s1. The maximum absolute atomic E-state index is 12.7. The van der Waals surface area contributed by atoms with Crippen molar-refractivity contribution in [2.24, 2.45) is 0 Å². The summed E-state index contributed by atoms with van der Waals surface area (Å²) in [5.41, 5.74) is 0.910. The summed E-state index contributed by atoms with van der Waals surface area (Å²) < 4.78 is 26.7. The van der Waals surface area contributed by atoms with Crippen molar-refractivity contribution in [3.05, 3.63) is 29.3 Å². The number of sulfonamides is 1. The fourth-order valence-corrected chi connectivity index (χ4v) is 4.29. The lowest BCUT2D eigenvalue weighted by Crippen LogP contribution is -2.55. The predicted octanol–water partition coefficient (Wildman–Crippen LogP) is 1.24. The van der Waals surface area contributed by atoms with Crippen LogP contribution < -0.4 is 0 Å². The van der Waals surface area contributed by atoms with Crippen LogP contribution in [-0.4, -0.2) is 54.5 Å². The molecule has 1 aliphatic rings. The number of nitrogens with zero attached hydrogens (tertiary/aromatic N) is 3. The van der Waals surface area contributed by atoms with Gasteiger partial charge in [0.1, 0.15) is 0 Å². The minimum absolute atomic E-state index is 0.119. The van der Waals surface area contributed by atoms with E-state index in [1.165, 1.54) is 27.4 Å². The van der Waals surface area contributed by atoms with Crippen LogP contribution in [0.5, 0.6) is 0 Å². The third-order valence-corrected chi connectivity index (χ3v) is 5.78. The van der Waals surface area contributed by atoms with Gasteiger partial charge in [0.25, 0.3) is 0 Å². The van der Waals surface area contributed by atoms with E-state index in [-0.39, 0.29) is 24.5 Å². The Morgan fingerprint density at radius 1 is 1.41 bits per heavy atom. The SMILES string of the molecule is Cc1cc(C#N)ccc1S(=O)(=O)N1CCN(C(=O)O)[C@@H](C)C1. The van der Waals surface area contributed by atoms with Crippen molar-refractivity contribution in [1.82, 2.24) is 9.21 Å². The number of hydrogen-bond acceptors (Lipinski definition) is 4. The van der Waals surface area contributed by atoms with Gasteiger partial charge in [-0.25, -0.2) is 13.2 Å². The molecule has 1 aromatic carbocycles. The van der Waals surface area contributed by atoms with Gasteiger partial charge < -0.3 is 10.0 Å². The number of nitriles is 1. The van der Waals surface area contributed by atoms with Crippen molar-refractivity contribution >= 4 is 16.1 Å². The highest BCUT2D eigenvalue weighted by Gasteiger charge is 2.34. The second kappa shape index (κ2) is 5.94. The predicted molar refractivity (Wildman–Crippen MR) is 78.8 cm³/mol. The van der Waals surface area contributed by atoms with Crippen molar-refractivity contribution in [2.75, 3.05) is 19.6 Å². The monoisotopic (exact) mass is 323 g/mol. The largest absolute Gasteiger partial charge is 0.465 e. The quantitative estimate of drug-likeness (QED) is 0.882. The zero-order valence-corrected chi connectivity index (χ0v) is 13.2. The van der Waals surface area contributed by atoms with Gasteiger partial charge in [0.05, 0.1) is 16.5 Å². The lowest BCUT2D eigenvalue weighted by molar-refractivity contribution is 0.0992. The summed E-state index contributed by atoms with van der Waals surface area (Å²) >= 11 is 0. The zero-order chi connectivity index (χ0) is 16.5. The molecule has 7 nitrogen and oxygen atoms in total. The molecule has 1 fully saturated rings. The smallest absolute Gasteiger partial charge is 0.407 e. The van der Waals surface area contributed by atoms with Crippen LogP contribution in [0.3, 0.4) is 0 Å². The Labute approximate surface area is 129 Å². The van der Waals surface area contributed by atoms with Gasteiger partial charge >= 0.3 is 6.09 Å². The second-order valence-electron chi connectivity index (χ2n) is 5.28. The minimum atomic E-state index is -3.70. The van der Waals surface area contributed by atoms with E-state index >= 15 is 0 Å². The molecule has 8 heteroatoms. The van der Waals surface area contributed by atoms with Crippen LogP contribution in [0.15, 0.2) is 23.1 Å². The summed E-state index contributed by atoms with van der Waals surface area (Å²) in [5.74, 6) is 0. The Balaban J connectivity index is 2.29. The van der Waals surface area contributed by atoms with Crippen LogP contribution in [-0.2, 0) is 10.0 Å². The lowest BCUT2D eigenvalue weighted by Gasteiger charge is -2.37. The summed E-state index contributed by atoms with van der Waals surface area (Å²) in [7, 11) is -3.70. The molecule has 1 atom stereocenters. The van der Waals surface area contributed by atoms with E-state index in [0.29, 0.717) is 11.1 Å². The van der Waals surface area contributed by atoms with Crippen molar-refractivity contribution in [3.8, 4) is 6.07 Å². The molecule has 1 aromatic rings. The number of carboxylic acid groups (broad SMARTS) is 1. The normalized spacial score (nSPS) is 19.7. The Bertz CT molecular complexity index is 739. The van der Waals surface area contributed by atoms with Crippen LogP contribution in [0.2, 0.25) is 0 Å². The molecule has 1 aliphatic heterocycles. The van der Waals surface area contributed by atoms with Crippen LogP contribution in [0, 0.1) is 18.3 Å². The maximum atomic E-state index is 12.7. The topological polar surface area (TPSA) is 102 Å². The summed E-state index contributed by atoms with van der Waals surface area (Å²) in [4.78, 5) is 12.4.